The van der Waals surface area contributed by atoms with Crippen LogP contribution in [-0.4, -0.2) is 4.98 Å². The summed E-state index contributed by atoms with van der Waals surface area (Å²) >= 11 is 3.85. The minimum atomic E-state index is -0.143. The van der Waals surface area contributed by atoms with E-state index < -0.39 is 0 Å². The van der Waals surface area contributed by atoms with E-state index in [0.717, 1.165) is 0 Å². The first-order valence-corrected chi connectivity index (χ1v) is 2.62. The molecule has 1 aromatic rings. The Bertz CT molecular complexity index is 230. The summed E-state index contributed by atoms with van der Waals surface area (Å²) in [4.78, 5) is 13.4. The first-order chi connectivity index (χ1) is 3.80. The van der Waals surface area contributed by atoms with Gasteiger partial charge in [-0.2, -0.15) is 0 Å². The van der Waals surface area contributed by atoms with E-state index in [-0.39, 0.29) is 5.56 Å². The highest BCUT2D eigenvalue weighted by Crippen LogP contribution is 1.91. The minimum Gasteiger partial charge on any atom is -0.328 e. The lowest BCUT2D eigenvalue weighted by Crippen LogP contribution is -2.03. The highest BCUT2D eigenvalue weighted by molar-refractivity contribution is 7.80. The van der Waals surface area contributed by atoms with Crippen LogP contribution in [0.1, 0.15) is 0 Å². The molecule has 0 bridgehead atoms. The number of aromatic nitrogens is 1. The third-order valence-electron chi connectivity index (χ3n) is 0.797. The maximum absolute atomic E-state index is 10.5. The van der Waals surface area contributed by atoms with Crippen LogP contribution in [0.25, 0.3) is 0 Å². The number of thiol groups is 1. The van der Waals surface area contributed by atoms with Crippen molar-refractivity contribution >= 4 is 12.6 Å². The number of rotatable bonds is 0. The number of H-pyrrole nitrogens is 1. The van der Waals surface area contributed by atoms with E-state index in [1.165, 1.54) is 0 Å². The molecule has 0 aliphatic rings. The van der Waals surface area contributed by atoms with Gasteiger partial charge in [-0.15, -0.1) is 12.6 Å². The zero-order valence-corrected chi connectivity index (χ0v) is 4.98. The molecule has 0 atom stereocenters. The molecule has 42 valence electrons. The van der Waals surface area contributed by atoms with Crippen molar-refractivity contribution in [1.29, 1.82) is 0 Å². The quantitative estimate of drug-likeness (QED) is 0.493. The van der Waals surface area contributed by atoms with E-state index in [2.05, 4.69) is 17.6 Å². The van der Waals surface area contributed by atoms with Gasteiger partial charge in [0, 0.05) is 6.20 Å². The monoisotopic (exact) mass is 127 g/mol. The van der Waals surface area contributed by atoms with Crippen molar-refractivity contribution in [2.45, 2.75) is 4.90 Å². The van der Waals surface area contributed by atoms with Gasteiger partial charge < -0.3 is 4.98 Å². The Morgan fingerprint density at radius 2 is 2.38 bits per heavy atom. The number of aromatic amines is 1. The highest BCUT2D eigenvalue weighted by atomic mass is 32.1. The van der Waals surface area contributed by atoms with Gasteiger partial charge in [-0.25, -0.2) is 0 Å². The van der Waals surface area contributed by atoms with Crippen LogP contribution in [0.4, 0.5) is 0 Å². The second-order valence-electron chi connectivity index (χ2n) is 1.38. The van der Waals surface area contributed by atoms with Gasteiger partial charge >= 0.3 is 0 Å². The predicted octanol–water partition coefficient (Wildman–Crippen LogP) is 0.664. The van der Waals surface area contributed by atoms with Gasteiger partial charge in [-0.05, 0) is 12.1 Å². The van der Waals surface area contributed by atoms with Crippen LogP contribution in [-0.2, 0) is 0 Å². The SMILES string of the molecule is O=c1[nH]cccc1S. The van der Waals surface area contributed by atoms with Gasteiger partial charge in [0.25, 0.3) is 5.56 Å². The lowest BCUT2D eigenvalue weighted by Gasteiger charge is -1.82. The molecular weight excluding hydrogens is 122 g/mol. The van der Waals surface area contributed by atoms with E-state index in [4.69, 9.17) is 0 Å². The summed E-state index contributed by atoms with van der Waals surface area (Å²) in [6.07, 6.45) is 1.57. The van der Waals surface area contributed by atoms with E-state index >= 15 is 0 Å². The molecule has 1 N–H and O–H groups in total. The zero-order valence-electron chi connectivity index (χ0n) is 4.09. The average molecular weight is 127 g/mol. The summed E-state index contributed by atoms with van der Waals surface area (Å²) in [5, 5.41) is 0. The standard InChI is InChI=1S/C5H5NOS/c7-5-4(8)2-1-3-6-5/h1-3,8H,(H,6,7). The van der Waals surface area contributed by atoms with E-state index in [0.29, 0.717) is 4.90 Å². The molecular formula is C5H5NOS. The van der Waals surface area contributed by atoms with Crippen LogP contribution in [0.5, 0.6) is 0 Å². The van der Waals surface area contributed by atoms with E-state index in [9.17, 15) is 4.79 Å². The van der Waals surface area contributed by atoms with Gasteiger partial charge in [0.1, 0.15) is 0 Å². The number of pyridine rings is 1. The molecule has 1 aromatic heterocycles. The molecule has 0 aliphatic heterocycles. The van der Waals surface area contributed by atoms with Crippen LogP contribution in [0.3, 0.4) is 0 Å². The molecule has 0 saturated heterocycles. The third-order valence-corrected chi connectivity index (χ3v) is 1.15. The van der Waals surface area contributed by atoms with Crippen molar-refractivity contribution in [3.8, 4) is 0 Å². The van der Waals surface area contributed by atoms with Crippen molar-refractivity contribution in [2.24, 2.45) is 0 Å². The smallest absolute Gasteiger partial charge is 0.261 e. The predicted molar refractivity (Wildman–Crippen MR) is 34.3 cm³/mol. The molecule has 2 nitrogen and oxygen atoms in total. The van der Waals surface area contributed by atoms with Gasteiger partial charge in [-0.1, -0.05) is 0 Å². The Morgan fingerprint density at radius 3 is 2.75 bits per heavy atom. The fourth-order valence-corrected chi connectivity index (χ4v) is 0.563. The summed E-state index contributed by atoms with van der Waals surface area (Å²) in [6.45, 7) is 0. The lowest BCUT2D eigenvalue weighted by molar-refractivity contribution is 1.15. The van der Waals surface area contributed by atoms with Crippen molar-refractivity contribution in [1.82, 2.24) is 4.98 Å². The van der Waals surface area contributed by atoms with E-state index in [1.54, 1.807) is 18.3 Å². The van der Waals surface area contributed by atoms with Crippen molar-refractivity contribution in [2.75, 3.05) is 0 Å². The van der Waals surface area contributed by atoms with Gasteiger partial charge in [0.15, 0.2) is 0 Å². The summed E-state index contributed by atoms with van der Waals surface area (Å²) in [5.41, 5.74) is -0.143. The average Bonchev–Trinajstić information content (AvgIpc) is 1.77. The highest BCUT2D eigenvalue weighted by Gasteiger charge is 1.84. The zero-order chi connectivity index (χ0) is 5.98. The van der Waals surface area contributed by atoms with Crippen LogP contribution in [0.2, 0.25) is 0 Å². The maximum Gasteiger partial charge on any atom is 0.261 e. The summed E-state index contributed by atoms with van der Waals surface area (Å²) < 4.78 is 0. The van der Waals surface area contributed by atoms with Crippen molar-refractivity contribution < 1.29 is 0 Å². The van der Waals surface area contributed by atoms with Gasteiger partial charge in [0.05, 0.1) is 4.90 Å². The molecule has 0 amide bonds. The molecule has 0 unspecified atom stereocenters. The van der Waals surface area contributed by atoms with Gasteiger partial charge in [0.2, 0.25) is 0 Å². The largest absolute Gasteiger partial charge is 0.328 e. The Hall–Kier alpha value is -0.700. The fraction of sp³-hybridized carbons (Fsp3) is 0. The molecule has 0 aromatic carbocycles. The summed E-state index contributed by atoms with van der Waals surface area (Å²) in [7, 11) is 0. The molecule has 0 saturated carbocycles. The fourth-order valence-electron chi connectivity index (χ4n) is 0.413. The van der Waals surface area contributed by atoms with Crippen LogP contribution in [0, 0.1) is 0 Å². The molecule has 0 spiro atoms. The summed E-state index contributed by atoms with van der Waals surface area (Å²) in [6, 6.07) is 3.37. The van der Waals surface area contributed by atoms with Crippen molar-refractivity contribution in [3.05, 3.63) is 28.7 Å². The van der Waals surface area contributed by atoms with Crippen molar-refractivity contribution in [3.63, 3.8) is 0 Å². The number of hydrogen-bond acceptors (Lipinski definition) is 2. The van der Waals surface area contributed by atoms with Crippen LogP contribution < -0.4 is 5.56 Å². The molecule has 0 fully saturated rings. The first-order valence-electron chi connectivity index (χ1n) is 2.17. The molecule has 0 aliphatic carbocycles. The lowest BCUT2D eigenvalue weighted by atomic mass is 10.5. The van der Waals surface area contributed by atoms with Crippen LogP contribution >= 0.6 is 12.6 Å². The van der Waals surface area contributed by atoms with Crippen LogP contribution in [0.15, 0.2) is 28.0 Å². The molecule has 3 heteroatoms. The molecule has 1 rings (SSSR count). The summed E-state index contributed by atoms with van der Waals surface area (Å²) in [5.74, 6) is 0. The van der Waals surface area contributed by atoms with Gasteiger partial charge in [-0.3, -0.25) is 4.79 Å². The molecule has 1 heterocycles. The first kappa shape index (κ1) is 5.44. The second kappa shape index (κ2) is 2.05. The Labute approximate surface area is 52.0 Å². The van der Waals surface area contributed by atoms with E-state index in [1.807, 2.05) is 0 Å². The maximum atomic E-state index is 10.5. The second-order valence-corrected chi connectivity index (χ2v) is 1.87. The number of hydrogen-bond donors (Lipinski definition) is 2. The molecule has 0 radical (unpaired) electrons. The molecule has 8 heavy (non-hydrogen) atoms. The minimum absolute atomic E-state index is 0.143. The Morgan fingerprint density at radius 1 is 1.62 bits per heavy atom. The Kier molecular flexibility index (Phi) is 1.39. The number of nitrogens with one attached hydrogen (secondary N) is 1. The normalized spacial score (nSPS) is 9.12. The topological polar surface area (TPSA) is 32.9 Å². The third kappa shape index (κ3) is 0.924. The Balaban J connectivity index is 3.35.